The molecule has 18 heavy (non-hydrogen) atoms. The second-order valence-corrected chi connectivity index (χ2v) is 6.01. The van der Waals surface area contributed by atoms with E-state index in [1.807, 2.05) is 30.3 Å². The highest BCUT2D eigenvalue weighted by Gasteiger charge is 2.50. The van der Waals surface area contributed by atoms with Gasteiger partial charge in [-0.15, -0.1) is 0 Å². The van der Waals surface area contributed by atoms with Gasteiger partial charge in [0, 0.05) is 13.7 Å². The first-order valence-corrected chi connectivity index (χ1v) is 7.07. The normalized spacial score (nSPS) is 18.1. The summed E-state index contributed by atoms with van der Waals surface area (Å²) in [4.78, 5) is 12.4. The van der Waals surface area contributed by atoms with Crippen molar-refractivity contribution in [3.8, 4) is 0 Å². The third kappa shape index (κ3) is 2.93. The number of carbonyl (C=O) groups is 1. The number of nitrogens with one attached hydrogen (secondary N) is 1. The van der Waals surface area contributed by atoms with Crippen molar-refractivity contribution in [1.82, 2.24) is 5.32 Å². The third-order valence-electron chi connectivity index (χ3n) is 3.34. The molecule has 1 atom stereocenters. The van der Waals surface area contributed by atoms with Gasteiger partial charge in [-0.25, -0.2) is 0 Å². The summed E-state index contributed by atoms with van der Waals surface area (Å²) >= 11 is 3.47. The number of rotatable bonds is 6. The first-order valence-electron chi connectivity index (χ1n) is 6.16. The van der Waals surface area contributed by atoms with Gasteiger partial charge in [-0.2, -0.15) is 0 Å². The van der Waals surface area contributed by atoms with Crippen LogP contribution >= 0.6 is 15.9 Å². The van der Waals surface area contributed by atoms with Crippen molar-refractivity contribution in [2.24, 2.45) is 0 Å². The molecular formula is C14H18BrNO2. The van der Waals surface area contributed by atoms with Crippen LogP contribution in [0.15, 0.2) is 30.3 Å². The Labute approximate surface area is 116 Å². The van der Waals surface area contributed by atoms with Crippen LogP contribution in [0.3, 0.4) is 0 Å². The summed E-state index contributed by atoms with van der Waals surface area (Å²) in [6.45, 7) is 1.19. The van der Waals surface area contributed by atoms with E-state index in [0.29, 0.717) is 13.2 Å². The van der Waals surface area contributed by atoms with Crippen molar-refractivity contribution < 1.29 is 9.53 Å². The van der Waals surface area contributed by atoms with E-state index < -0.39 is 0 Å². The fourth-order valence-corrected chi connectivity index (χ4v) is 2.57. The molecular weight excluding hydrogens is 294 g/mol. The number of hydrogen-bond donors (Lipinski definition) is 1. The van der Waals surface area contributed by atoms with E-state index >= 15 is 0 Å². The van der Waals surface area contributed by atoms with Crippen LogP contribution in [0.25, 0.3) is 0 Å². The third-order valence-corrected chi connectivity index (χ3v) is 3.93. The van der Waals surface area contributed by atoms with Gasteiger partial charge < -0.3 is 10.1 Å². The maximum absolute atomic E-state index is 12.3. The van der Waals surface area contributed by atoms with E-state index in [1.165, 1.54) is 0 Å². The SMILES string of the molecule is COCC(Br)CNC(=O)C1(c2ccccc2)CC1. The molecule has 1 unspecified atom stereocenters. The minimum Gasteiger partial charge on any atom is -0.383 e. The molecule has 1 aromatic carbocycles. The van der Waals surface area contributed by atoms with Crippen molar-refractivity contribution in [3.05, 3.63) is 35.9 Å². The van der Waals surface area contributed by atoms with Crippen LogP contribution in [-0.2, 0) is 14.9 Å². The highest BCUT2D eigenvalue weighted by Crippen LogP contribution is 2.48. The van der Waals surface area contributed by atoms with E-state index in [2.05, 4.69) is 21.2 Å². The fraction of sp³-hybridized carbons (Fsp3) is 0.500. The molecule has 1 saturated carbocycles. The van der Waals surface area contributed by atoms with Crippen LogP contribution in [-0.4, -0.2) is 31.0 Å². The molecule has 98 valence electrons. The zero-order chi connectivity index (χ0) is 13.0. The van der Waals surface area contributed by atoms with Crippen molar-refractivity contribution in [3.63, 3.8) is 0 Å². The molecule has 1 amide bonds. The molecule has 0 spiro atoms. The Morgan fingerprint density at radius 3 is 2.67 bits per heavy atom. The lowest BCUT2D eigenvalue weighted by Gasteiger charge is -2.17. The summed E-state index contributed by atoms with van der Waals surface area (Å²) in [6, 6.07) is 10.0. The zero-order valence-electron chi connectivity index (χ0n) is 10.5. The second-order valence-electron chi connectivity index (χ2n) is 4.71. The zero-order valence-corrected chi connectivity index (χ0v) is 12.1. The van der Waals surface area contributed by atoms with Gasteiger partial charge in [0.2, 0.25) is 5.91 Å². The van der Waals surface area contributed by atoms with Gasteiger partial charge in [0.25, 0.3) is 0 Å². The topological polar surface area (TPSA) is 38.3 Å². The number of amides is 1. The predicted molar refractivity (Wildman–Crippen MR) is 75.0 cm³/mol. The second kappa shape index (κ2) is 5.85. The first kappa shape index (κ1) is 13.6. The quantitative estimate of drug-likeness (QED) is 0.818. The van der Waals surface area contributed by atoms with Crippen molar-refractivity contribution in [2.75, 3.05) is 20.3 Å². The van der Waals surface area contributed by atoms with Gasteiger partial charge in [0.05, 0.1) is 16.8 Å². The van der Waals surface area contributed by atoms with Gasteiger partial charge in [0.1, 0.15) is 0 Å². The molecule has 1 aromatic rings. The summed E-state index contributed by atoms with van der Waals surface area (Å²) in [5, 5.41) is 3.00. The molecule has 4 heteroatoms. The van der Waals surface area contributed by atoms with Gasteiger partial charge in [0.15, 0.2) is 0 Å². The van der Waals surface area contributed by atoms with E-state index in [9.17, 15) is 4.79 Å². The molecule has 0 aromatic heterocycles. The number of hydrogen-bond acceptors (Lipinski definition) is 2. The summed E-state index contributed by atoms with van der Waals surface area (Å²) in [5.74, 6) is 0.134. The number of alkyl halides is 1. The van der Waals surface area contributed by atoms with Crippen LogP contribution < -0.4 is 5.32 Å². The number of ether oxygens (including phenoxy) is 1. The summed E-state index contributed by atoms with van der Waals surface area (Å²) in [5.41, 5.74) is 0.849. The van der Waals surface area contributed by atoms with Crippen LogP contribution in [0, 0.1) is 0 Å². The van der Waals surface area contributed by atoms with Crippen LogP contribution in [0.2, 0.25) is 0 Å². The lowest BCUT2D eigenvalue weighted by Crippen LogP contribution is -2.38. The van der Waals surface area contributed by atoms with Crippen molar-refractivity contribution >= 4 is 21.8 Å². The maximum atomic E-state index is 12.3. The Kier molecular flexibility index (Phi) is 4.40. The van der Waals surface area contributed by atoms with Gasteiger partial charge in [-0.05, 0) is 18.4 Å². The van der Waals surface area contributed by atoms with E-state index in [-0.39, 0.29) is 16.1 Å². The molecule has 3 nitrogen and oxygen atoms in total. The van der Waals surface area contributed by atoms with Crippen LogP contribution in [0.1, 0.15) is 18.4 Å². The summed E-state index contributed by atoms with van der Waals surface area (Å²) in [7, 11) is 1.66. The number of carbonyl (C=O) groups excluding carboxylic acids is 1. The average Bonchev–Trinajstić information content (AvgIpc) is 3.19. The van der Waals surface area contributed by atoms with E-state index in [4.69, 9.17) is 4.74 Å². The highest BCUT2D eigenvalue weighted by atomic mass is 79.9. The molecule has 2 rings (SSSR count). The van der Waals surface area contributed by atoms with Crippen LogP contribution in [0.4, 0.5) is 0 Å². The molecule has 0 bridgehead atoms. The fourth-order valence-electron chi connectivity index (χ4n) is 2.14. The molecule has 1 N–H and O–H groups in total. The Morgan fingerprint density at radius 2 is 2.11 bits per heavy atom. The lowest BCUT2D eigenvalue weighted by atomic mass is 9.95. The van der Waals surface area contributed by atoms with Gasteiger partial charge in [-0.3, -0.25) is 4.79 Å². The molecule has 0 heterocycles. The summed E-state index contributed by atoms with van der Waals surface area (Å²) < 4.78 is 5.02. The van der Waals surface area contributed by atoms with Gasteiger partial charge in [-0.1, -0.05) is 46.3 Å². The Bertz CT molecular complexity index is 404. The Morgan fingerprint density at radius 1 is 1.44 bits per heavy atom. The van der Waals surface area contributed by atoms with E-state index in [0.717, 1.165) is 18.4 Å². The molecule has 1 aliphatic carbocycles. The summed E-state index contributed by atoms with van der Waals surface area (Å²) in [6.07, 6.45) is 1.89. The minimum atomic E-state index is -0.277. The number of halogens is 1. The lowest BCUT2D eigenvalue weighted by molar-refractivity contribution is -0.123. The first-order chi connectivity index (χ1) is 8.69. The average molecular weight is 312 g/mol. The number of methoxy groups -OCH3 is 1. The molecule has 0 aliphatic heterocycles. The minimum absolute atomic E-state index is 0.134. The monoisotopic (exact) mass is 311 g/mol. The van der Waals surface area contributed by atoms with E-state index in [1.54, 1.807) is 7.11 Å². The van der Waals surface area contributed by atoms with Crippen LogP contribution in [0.5, 0.6) is 0 Å². The van der Waals surface area contributed by atoms with Gasteiger partial charge >= 0.3 is 0 Å². The predicted octanol–water partition coefficient (Wildman–Crippen LogP) is 2.24. The highest BCUT2D eigenvalue weighted by molar-refractivity contribution is 9.09. The smallest absolute Gasteiger partial charge is 0.230 e. The molecule has 0 radical (unpaired) electrons. The van der Waals surface area contributed by atoms with Crippen molar-refractivity contribution in [1.29, 1.82) is 0 Å². The largest absolute Gasteiger partial charge is 0.383 e. The maximum Gasteiger partial charge on any atom is 0.230 e. The standard InChI is InChI=1S/C14H18BrNO2/c1-18-10-12(15)9-16-13(17)14(7-8-14)11-5-3-2-4-6-11/h2-6,12H,7-10H2,1H3,(H,16,17). The van der Waals surface area contributed by atoms with Crippen molar-refractivity contribution in [2.45, 2.75) is 23.1 Å². The molecule has 1 fully saturated rings. The molecule has 1 aliphatic rings. The number of benzene rings is 1. The molecule has 0 saturated heterocycles. The Hall–Kier alpha value is -0.870. The Balaban J connectivity index is 1.93.